The van der Waals surface area contributed by atoms with Gasteiger partial charge in [0.25, 0.3) is 0 Å². The smallest absolute Gasteiger partial charge is 0.0470 e. The van der Waals surface area contributed by atoms with Crippen molar-refractivity contribution in [1.29, 1.82) is 0 Å². The quantitative estimate of drug-likeness (QED) is 0.587. The maximum absolute atomic E-state index is 6.17. The zero-order valence-corrected chi connectivity index (χ0v) is 13.8. The molecule has 0 unspecified atom stereocenters. The third-order valence-corrected chi connectivity index (χ3v) is 4.26. The molecule has 2 aromatic carbocycles. The monoisotopic (exact) mass is 321 g/mol. The molecule has 0 atom stereocenters. The van der Waals surface area contributed by atoms with Gasteiger partial charge in [-0.1, -0.05) is 61.2 Å². The molecule has 0 aliphatic heterocycles. The fraction of sp³-hybridized carbons (Fsp3) is 0.333. The molecule has 3 heteroatoms. The van der Waals surface area contributed by atoms with Gasteiger partial charge in [0.2, 0.25) is 0 Å². The van der Waals surface area contributed by atoms with E-state index >= 15 is 0 Å². The molecular weight excluding hydrogens is 301 g/mol. The zero-order valence-electron chi connectivity index (χ0n) is 12.3. The summed E-state index contributed by atoms with van der Waals surface area (Å²) in [6.45, 7) is 2.86. The van der Waals surface area contributed by atoms with E-state index in [1.165, 1.54) is 24.8 Å². The minimum atomic E-state index is 0.633. The van der Waals surface area contributed by atoms with Crippen LogP contribution in [-0.4, -0.2) is 0 Å². The average Bonchev–Trinajstić information content (AvgIpc) is 2.48. The summed E-state index contributed by atoms with van der Waals surface area (Å²) in [6.07, 6.45) is 4.98. The Bertz CT molecular complexity index is 544. The zero-order chi connectivity index (χ0) is 15.1. The molecule has 112 valence electrons. The van der Waals surface area contributed by atoms with Crippen LogP contribution in [0.1, 0.15) is 37.3 Å². The van der Waals surface area contributed by atoms with Gasteiger partial charge < -0.3 is 5.32 Å². The molecule has 0 aromatic heterocycles. The first kappa shape index (κ1) is 16.2. The summed E-state index contributed by atoms with van der Waals surface area (Å²) >= 11 is 12.3. The molecule has 0 radical (unpaired) electrons. The first-order chi connectivity index (χ1) is 10.2. The van der Waals surface area contributed by atoms with Crippen LogP contribution < -0.4 is 5.32 Å². The molecule has 1 nitrogen and oxygen atoms in total. The van der Waals surface area contributed by atoms with E-state index in [0.29, 0.717) is 16.6 Å². The van der Waals surface area contributed by atoms with Crippen LogP contribution in [0.4, 0.5) is 5.69 Å². The Morgan fingerprint density at radius 2 is 1.57 bits per heavy atom. The summed E-state index contributed by atoms with van der Waals surface area (Å²) in [5, 5.41) is 4.77. The highest BCUT2D eigenvalue weighted by atomic mass is 35.5. The van der Waals surface area contributed by atoms with E-state index in [2.05, 4.69) is 36.5 Å². The number of hydrogen-bond donors (Lipinski definition) is 1. The Kier molecular flexibility index (Phi) is 6.41. The Hall–Kier alpha value is -1.18. The molecule has 1 N–H and O–H groups in total. The van der Waals surface area contributed by atoms with Gasteiger partial charge in [0, 0.05) is 27.8 Å². The highest BCUT2D eigenvalue weighted by molar-refractivity contribution is 6.36. The number of anilines is 1. The minimum Gasteiger partial charge on any atom is -0.381 e. The fourth-order valence-electron chi connectivity index (χ4n) is 2.26. The van der Waals surface area contributed by atoms with Crippen LogP contribution in [-0.2, 0) is 13.0 Å². The largest absolute Gasteiger partial charge is 0.381 e. The number of benzene rings is 2. The van der Waals surface area contributed by atoms with Crippen LogP contribution in [0.5, 0.6) is 0 Å². The Morgan fingerprint density at radius 1 is 0.905 bits per heavy atom. The molecule has 0 saturated carbocycles. The van der Waals surface area contributed by atoms with Crippen LogP contribution in [0.15, 0.2) is 42.5 Å². The van der Waals surface area contributed by atoms with Crippen molar-refractivity contribution in [2.45, 2.75) is 39.2 Å². The summed E-state index contributed by atoms with van der Waals surface area (Å²) in [5.41, 5.74) is 3.42. The maximum atomic E-state index is 6.17. The van der Waals surface area contributed by atoms with E-state index in [-0.39, 0.29) is 0 Å². The summed E-state index contributed by atoms with van der Waals surface area (Å²) in [6, 6.07) is 14.2. The maximum Gasteiger partial charge on any atom is 0.0470 e. The van der Waals surface area contributed by atoms with Crippen LogP contribution in [0.25, 0.3) is 0 Å². The molecule has 0 saturated heterocycles. The topological polar surface area (TPSA) is 12.0 Å². The summed E-state index contributed by atoms with van der Waals surface area (Å²) in [4.78, 5) is 0. The van der Waals surface area contributed by atoms with Crippen molar-refractivity contribution in [1.82, 2.24) is 0 Å². The number of hydrogen-bond acceptors (Lipinski definition) is 1. The van der Waals surface area contributed by atoms with Gasteiger partial charge >= 0.3 is 0 Å². The van der Waals surface area contributed by atoms with Crippen molar-refractivity contribution >= 4 is 28.9 Å². The molecule has 2 rings (SSSR count). The van der Waals surface area contributed by atoms with Crippen LogP contribution in [0.2, 0.25) is 10.0 Å². The molecule has 2 aromatic rings. The summed E-state index contributed by atoms with van der Waals surface area (Å²) in [7, 11) is 0. The Labute approximate surface area is 137 Å². The van der Waals surface area contributed by atoms with Crippen molar-refractivity contribution in [3.63, 3.8) is 0 Å². The number of rotatable bonds is 7. The van der Waals surface area contributed by atoms with Crippen LogP contribution in [0.3, 0.4) is 0 Å². The van der Waals surface area contributed by atoms with Crippen molar-refractivity contribution < 1.29 is 0 Å². The second-order valence-electron chi connectivity index (χ2n) is 5.21. The Morgan fingerprint density at radius 3 is 2.19 bits per heavy atom. The van der Waals surface area contributed by atoms with Gasteiger partial charge in [0.1, 0.15) is 0 Å². The minimum absolute atomic E-state index is 0.633. The lowest BCUT2D eigenvalue weighted by Gasteiger charge is -2.10. The molecule has 0 heterocycles. The van der Waals surface area contributed by atoms with Crippen molar-refractivity contribution in [2.24, 2.45) is 0 Å². The average molecular weight is 322 g/mol. The van der Waals surface area contributed by atoms with E-state index in [1.54, 1.807) is 0 Å². The van der Waals surface area contributed by atoms with E-state index in [1.807, 2.05) is 18.2 Å². The molecule has 0 fully saturated rings. The van der Waals surface area contributed by atoms with Crippen molar-refractivity contribution in [3.8, 4) is 0 Å². The third kappa shape index (κ3) is 4.94. The second-order valence-corrected chi connectivity index (χ2v) is 6.02. The van der Waals surface area contributed by atoms with E-state index in [4.69, 9.17) is 23.2 Å². The van der Waals surface area contributed by atoms with Gasteiger partial charge in [-0.3, -0.25) is 0 Å². The van der Waals surface area contributed by atoms with Crippen LogP contribution in [0, 0.1) is 0 Å². The summed E-state index contributed by atoms with van der Waals surface area (Å²) in [5.74, 6) is 0. The van der Waals surface area contributed by atoms with Crippen molar-refractivity contribution in [3.05, 3.63) is 63.6 Å². The second kappa shape index (κ2) is 8.31. The lowest BCUT2D eigenvalue weighted by atomic mass is 10.1. The van der Waals surface area contributed by atoms with E-state index in [0.717, 1.165) is 17.7 Å². The van der Waals surface area contributed by atoms with Gasteiger partial charge in [-0.15, -0.1) is 0 Å². The third-order valence-electron chi connectivity index (χ3n) is 3.55. The normalized spacial score (nSPS) is 10.6. The molecule has 0 aliphatic rings. The van der Waals surface area contributed by atoms with Gasteiger partial charge in [-0.2, -0.15) is 0 Å². The first-order valence-electron chi connectivity index (χ1n) is 7.46. The molecular formula is C18H21Cl2N. The first-order valence-corrected chi connectivity index (χ1v) is 8.22. The lowest BCUT2D eigenvalue weighted by molar-refractivity contribution is 0.717. The lowest BCUT2D eigenvalue weighted by Crippen LogP contribution is -2.01. The number of unbranched alkanes of at least 4 members (excludes halogenated alkanes) is 2. The summed E-state index contributed by atoms with van der Waals surface area (Å²) < 4.78 is 0. The van der Waals surface area contributed by atoms with E-state index < -0.39 is 0 Å². The highest BCUT2D eigenvalue weighted by Crippen LogP contribution is 2.25. The van der Waals surface area contributed by atoms with Gasteiger partial charge in [-0.25, -0.2) is 0 Å². The molecule has 0 bridgehead atoms. The standard InChI is InChI=1S/C18H21Cl2N/c1-2-3-4-6-14-9-11-15(12-10-14)21-13-16-17(19)7-5-8-18(16)20/h5,7-12,21H,2-4,6,13H2,1H3. The fourth-order valence-corrected chi connectivity index (χ4v) is 2.79. The predicted molar refractivity (Wildman–Crippen MR) is 93.5 cm³/mol. The van der Waals surface area contributed by atoms with Gasteiger partial charge in [0.05, 0.1) is 0 Å². The van der Waals surface area contributed by atoms with E-state index in [9.17, 15) is 0 Å². The molecule has 0 amide bonds. The van der Waals surface area contributed by atoms with Crippen LogP contribution >= 0.6 is 23.2 Å². The van der Waals surface area contributed by atoms with Gasteiger partial charge in [0.15, 0.2) is 0 Å². The number of aryl methyl sites for hydroxylation is 1. The SMILES string of the molecule is CCCCCc1ccc(NCc2c(Cl)cccc2Cl)cc1. The molecule has 21 heavy (non-hydrogen) atoms. The molecule has 0 spiro atoms. The van der Waals surface area contributed by atoms with Gasteiger partial charge in [-0.05, 0) is 42.7 Å². The van der Waals surface area contributed by atoms with Crippen molar-refractivity contribution in [2.75, 3.05) is 5.32 Å². The Balaban J connectivity index is 1.92. The number of nitrogens with one attached hydrogen (secondary N) is 1. The predicted octanol–water partition coefficient (Wildman–Crippen LogP) is 6.34. The number of halogens is 2. The highest BCUT2D eigenvalue weighted by Gasteiger charge is 2.04. The molecule has 0 aliphatic carbocycles.